The van der Waals surface area contributed by atoms with Gasteiger partial charge in [0.15, 0.2) is 5.13 Å². The van der Waals surface area contributed by atoms with Crippen LogP contribution < -0.4 is 5.73 Å². The highest BCUT2D eigenvalue weighted by Gasteiger charge is 2.24. The van der Waals surface area contributed by atoms with E-state index in [0.29, 0.717) is 16.9 Å². The highest BCUT2D eigenvalue weighted by Crippen LogP contribution is 2.29. The van der Waals surface area contributed by atoms with E-state index in [1.54, 1.807) is 6.20 Å². The van der Waals surface area contributed by atoms with Crippen LogP contribution >= 0.6 is 23.1 Å². The molecule has 1 aromatic rings. The van der Waals surface area contributed by atoms with Crippen LogP contribution in [-0.4, -0.2) is 34.6 Å². The molecule has 2 N–H and O–H groups in total. The number of thioether (sulfide) groups is 1. The van der Waals surface area contributed by atoms with Crippen molar-refractivity contribution in [3.8, 4) is 0 Å². The minimum absolute atomic E-state index is 0.205. The Morgan fingerprint density at radius 3 is 2.79 bits per heavy atom. The Hall–Kier alpha value is -0.750. The first-order valence-electron chi connectivity index (χ1n) is 6.66. The topological polar surface area (TPSA) is 59.2 Å². The zero-order valence-electron chi connectivity index (χ0n) is 11.5. The number of thiazole rings is 1. The molecule has 0 aromatic carbocycles. The second-order valence-electron chi connectivity index (χ2n) is 5.22. The number of amides is 1. The normalized spacial score (nSPS) is 23.3. The summed E-state index contributed by atoms with van der Waals surface area (Å²) in [5.41, 5.74) is 5.57. The van der Waals surface area contributed by atoms with Gasteiger partial charge in [-0.3, -0.25) is 4.79 Å². The van der Waals surface area contributed by atoms with Gasteiger partial charge in [0.25, 0.3) is 0 Å². The predicted octanol–water partition coefficient (Wildman–Crippen LogP) is 2.85. The van der Waals surface area contributed by atoms with Crippen molar-refractivity contribution in [2.45, 2.75) is 42.9 Å². The number of nitrogen functional groups attached to an aromatic ring is 1. The average Bonchev–Trinajstić information content (AvgIpc) is 2.82. The van der Waals surface area contributed by atoms with Gasteiger partial charge in [0.2, 0.25) is 5.91 Å². The summed E-state index contributed by atoms with van der Waals surface area (Å²) in [6.45, 7) is 2.29. The van der Waals surface area contributed by atoms with E-state index in [9.17, 15) is 4.79 Å². The standard InChI is InChI=1S/C13H21N3OS2/c1-9-3-5-10(6-4-9)16(2)11(17)8-18-12-7-15-13(14)19-12/h7,9-10H,3-6,8H2,1-2H3,(H2,14,15). The number of rotatable bonds is 4. The molecule has 4 nitrogen and oxygen atoms in total. The van der Waals surface area contributed by atoms with Crippen molar-refractivity contribution < 1.29 is 4.79 Å². The molecule has 1 aliphatic rings. The van der Waals surface area contributed by atoms with Gasteiger partial charge in [-0.2, -0.15) is 0 Å². The van der Waals surface area contributed by atoms with Crippen molar-refractivity contribution >= 4 is 34.1 Å². The fraction of sp³-hybridized carbons (Fsp3) is 0.692. The quantitative estimate of drug-likeness (QED) is 0.869. The van der Waals surface area contributed by atoms with E-state index in [1.807, 2.05) is 11.9 Å². The lowest BCUT2D eigenvalue weighted by Crippen LogP contribution is -2.40. The van der Waals surface area contributed by atoms with E-state index >= 15 is 0 Å². The molecule has 1 amide bonds. The van der Waals surface area contributed by atoms with Crippen LogP contribution in [0.1, 0.15) is 32.6 Å². The van der Waals surface area contributed by atoms with Crippen LogP contribution in [-0.2, 0) is 4.79 Å². The number of anilines is 1. The number of carbonyl (C=O) groups excluding carboxylic acids is 1. The van der Waals surface area contributed by atoms with Crippen LogP contribution in [0.2, 0.25) is 0 Å². The summed E-state index contributed by atoms with van der Waals surface area (Å²) in [5.74, 6) is 1.50. The number of hydrogen-bond donors (Lipinski definition) is 1. The van der Waals surface area contributed by atoms with Gasteiger partial charge in [-0.25, -0.2) is 4.98 Å². The Morgan fingerprint density at radius 2 is 2.21 bits per heavy atom. The molecule has 6 heteroatoms. The predicted molar refractivity (Wildman–Crippen MR) is 81.4 cm³/mol. The van der Waals surface area contributed by atoms with Gasteiger partial charge in [0.1, 0.15) is 0 Å². The van der Waals surface area contributed by atoms with E-state index in [1.165, 1.54) is 35.9 Å². The number of nitrogens with two attached hydrogens (primary N) is 1. The molecule has 0 aliphatic heterocycles. The molecule has 1 aromatic heterocycles. The Balaban J connectivity index is 1.79. The lowest BCUT2D eigenvalue weighted by atomic mass is 9.87. The number of carbonyl (C=O) groups is 1. The number of hydrogen-bond acceptors (Lipinski definition) is 5. The number of aromatic nitrogens is 1. The van der Waals surface area contributed by atoms with Gasteiger partial charge in [-0.1, -0.05) is 18.3 Å². The average molecular weight is 299 g/mol. The van der Waals surface area contributed by atoms with Crippen LogP contribution in [0, 0.1) is 5.92 Å². The summed E-state index contributed by atoms with van der Waals surface area (Å²) < 4.78 is 1.01. The fourth-order valence-corrected chi connectivity index (χ4v) is 4.09. The first-order chi connectivity index (χ1) is 9.06. The van der Waals surface area contributed by atoms with Gasteiger partial charge in [-0.15, -0.1) is 11.8 Å². The first-order valence-corrected chi connectivity index (χ1v) is 8.46. The maximum Gasteiger partial charge on any atom is 0.232 e. The summed E-state index contributed by atoms with van der Waals surface area (Å²) in [4.78, 5) is 18.1. The highest BCUT2D eigenvalue weighted by molar-refractivity contribution is 8.01. The van der Waals surface area contributed by atoms with Crippen molar-refractivity contribution in [1.29, 1.82) is 0 Å². The van der Waals surface area contributed by atoms with Crippen LogP contribution in [0.4, 0.5) is 5.13 Å². The minimum Gasteiger partial charge on any atom is -0.375 e. The van der Waals surface area contributed by atoms with Gasteiger partial charge >= 0.3 is 0 Å². The van der Waals surface area contributed by atoms with E-state index in [2.05, 4.69) is 11.9 Å². The minimum atomic E-state index is 0.205. The molecule has 1 heterocycles. The summed E-state index contributed by atoms with van der Waals surface area (Å²) in [6.07, 6.45) is 6.49. The summed E-state index contributed by atoms with van der Waals surface area (Å²) >= 11 is 2.96. The second-order valence-corrected chi connectivity index (χ2v) is 7.56. The third kappa shape index (κ3) is 4.11. The molecule has 1 fully saturated rings. The molecule has 0 saturated heterocycles. The van der Waals surface area contributed by atoms with Gasteiger partial charge < -0.3 is 10.6 Å². The van der Waals surface area contributed by atoms with Gasteiger partial charge in [0, 0.05) is 13.1 Å². The van der Waals surface area contributed by atoms with Crippen LogP contribution in [0.25, 0.3) is 0 Å². The Bertz CT molecular complexity index is 427. The summed E-state index contributed by atoms with van der Waals surface area (Å²) in [5, 5.41) is 0.560. The molecule has 0 unspecified atom stereocenters. The molecular formula is C13H21N3OS2. The zero-order chi connectivity index (χ0) is 13.8. The monoisotopic (exact) mass is 299 g/mol. The maximum atomic E-state index is 12.2. The van der Waals surface area contributed by atoms with Crippen LogP contribution in [0.15, 0.2) is 10.4 Å². The lowest BCUT2D eigenvalue weighted by molar-refractivity contribution is -0.129. The highest BCUT2D eigenvalue weighted by atomic mass is 32.2. The summed E-state index contributed by atoms with van der Waals surface area (Å²) in [6, 6.07) is 0.427. The van der Waals surface area contributed by atoms with E-state index in [4.69, 9.17) is 5.73 Å². The molecule has 106 valence electrons. The molecule has 0 radical (unpaired) electrons. The summed E-state index contributed by atoms with van der Waals surface area (Å²) in [7, 11) is 1.94. The Morgan fingerprint density at radius 1 is 1.53 bits per heavy atom. The zero-order valence-corrected chi connectivity index (χ0v) is 13.1. The van der Waals surface area contributed by atoms with Crippen molar-refractivity contribution in [2.75, 3.05) is 18.5 Å². The third-order valence-corrected chi connectivity index (χ3v) is 5.77. The maximum absolute atomic E-state index is 12.2. The van der Waals surface area contributed by atoms with Crippen molar-refractivity contribution in [2.24, 2.45) is 5.92 Å². The van der Waals surface area contributed by atoms with Crippen LogP contribution in [0.5, 0.6) is 0 Å². The SMILES string of the molecule is CC1CCC(N(C)C(=O)CSc2cnc(N)s2)CC1. The Labute approximate surface area is 122 Å². The van der Waals surface area contributed by atoms with Gasteiger partial charge in [-0.05, 0) is 31.6 Å². The first kappa shape index (κ1) is 14.7. The van der Waals surface area contributed by atoms with E-state index in [-0.39, 0.29) is 5.91 Å². The second kappa shape index (κ2) is 6.61. The molecule has 1 aliphatic carbocycles. The van der Waals surface area contributed by atoms with Crippen LogP contribution in [0.3, 0.4) is 0 Å². The smallest absolute Gasteiger partial charge is 0.232 e. The molecule has 0 spiro atoms. The molecule has 2 rings (SSSR count). The van der Waals surface area contributed by atoms with E-state index in [0.717, 1.165) is 23.0 Å². The largest absolute Gasteiger partial charge is 0.375 e. The number of nitrogens with zero attached hydrogens (tertiary/aromatic N) is 2. The third-order valence-electron chi connectivity index (χ3n) is 3.77. The fourth-order valence-electron chi connectivity index (χ4n) is 2.41. The van der Waals surface area contributed by atoms with Crippen molar-refractivity contribution in [3.63, 3.8) is 0 Å². The molecular weight excluding hydrogens is 278 g/mol. The Kier molecular flexibility index (Phi) is 5.10. The van der Waals surface area contributed by atoms with Crippen molar-refractivity contribution in [1.82, 2.24) is 9.88 Å². The van der Waals surface area contributed by atoms with Gasteiger partial charge in [0.05, 0.1) is 16.2 Å². The molecule has 1 saturated carbocycles. The molecule has 19 heavy (non-hydrogen) atoms. The van der Waals surface area contributed by atoms with E-state index < -0.39 is 0 Å². The molecule has 0 bridgehead atoms. The van der Waals surface area contributed by atoms with Crippen molar-refractivity contribution in [3.05, 3.63) is 6.20 Å². The lowest BCUT2D eigenvalue weighted by Gasteiger charge is -2.33. The molecule has 0 atom stereocenters.